The van der Waals surface area contributed by atoms with Crippen LogP contribution in [0.2, 0.25) is 0 Å². The van der Waals surface area contributed by atoms with Crippen molar-refractivity contribution in [3.8, 4) is 0 Å². The largest absolute Gasteiger partial charge is 0.545 e. The van der Waals surface area contributed by atoms with Crippen LogP contribution in [0.3, 0.4) is 0 Å². The molecule has 1 rings (SSSR count). The highest BCUT2D eigenvalue weighted by Crippen LogP contribution is 2.30. The van der Waals surface area contributed by atoms with Gasteiger partial charge in [-0.15, -0.1) is 0 Å². The molecule has 0 aliphatic heterocycles. The van der Waals surface area contributed by atoms with Gasteiger partial charge >= 0.3 is 0 Å². The van der Waals surface area contributed by atoms with Crippen molar-refractivity contribution in [2.24, 2.45) is 0 Å². The molecule has 0 amide bonds. The van der Waals surface area contributed by atoms with Crippen molar-refractivity contribution in [3.05, 3.63) is 43.8 Å². The van der Waals surface area contributed by atoms with Crippen LogP contribution in [0.5, 0.6) is 0 Å². The summed E-state index contributed by atoms with van der Waals surface area (Å²) in [6.45, 7) is 3.21. The van der Waals surface area contributed by atoms with Gasteiger partial charge in [0.2, 0.25) is 0 Å². The van der Waals surface area contributed by atoms with Gasteiger partial charge in [0.15, 0.2) is 5.78 Å². The third-order valence-electron chi connectivity index (χ3n) is 2.47. The Hall–Kier alpha value is -1.21. The second kappa shape index (κ2) is 6.99. The molecule has 1 aromatic carbocycles. The Kier molecular flexibility index (Phi) is 5.88. The van der Waals surface area contributed by atoms with E-state index in [1.54, 1.807) is 6.92 Å². The number of ether oxygens (including phenoxy) is 1. The van der Waals surface area contributed by atoms with Crippen molar-refractivity contribution < 1.29 is 23.8 Å². The number of ketones is 1. The Morgan fingerprint density at radius 1 is 1.40 bits per heavy atom. The molecule has 7 heteroatoms. The van der Waals surface area contributed by atoms with Crippen LogP contribution in [0, 0.1) is 12.7 Å². The van der Waals surface area contributed by atoms with Gasteiger partial charge in [-0.25, -0.2) is 4.39 Å². The van der Waals surface area contributed by atoms with Gasteiger partial charge in [0.1, 0.15) is 5.82 Å². The summed E-state index contributed by atoms with van der Waals surface area (Å²) in [4.78, 5) is 23.2. The summed E-state index contributed by atoms with van der Waals surface area (Å²) in [5, 5.41) is 11.0. The van der Waals surface area contributed by atoms with Gasteiger partial charge < -0.3 is 14.6 Å². The van der Waals surface area contributed by atoms with Crippen LogP contribution in [0.25, 0.3) is 0 Å². The van der Waals surface area contributed by atoms with E-state index in [4.69, 9.17) is 4.74 Å². The first kappa shape index (κ1) is 16.8. The van der Waals surface area contributed by atoms with E-state index in [0.717, 1.165) is 6.26 Å². The Labute approximate surface area is 131 Å². The van der Waals surface area contributed by atoms with Crippen molar-refractivity contribution >= 4 is 43.6 Å². The van der Waals surface area contributed by atoms with Gasteiger partial charge in [-0.2, -0.15) is 0 Å². The maximum Gasteiger partial charge on any atom is 0.199 e. The molecule has 0 spiro atoms. The quantitative estimate of drug-likeness (QED) is 0.187. The number of Topliss-reactive ketones (excluding diaryl/α,β-unsaturated/α-hetero) is 1. The third-order valence-corrected chi connectivity index (χ3v) is 3.67. The minimum Gasteiger partial charge on any atom is -0.545 e. The predicted octanol–water partition coefficient (Wildman–Crippen LogP) is 2.51. The van der Waals surface area contributed by atoms with Crippen LogP contribution in [0.15, 0.2) is 26.8 Å². The lowest BCUT2D eigenvalue weighted by molar-refractivity contribution is -0.298. The van der Waals surface area contributed by atoms with Crippen LogP contribution in [0.1, 0.15) is 22.8 Å². The predicted molar refractivity (Wildman–Crippen MR) is 75.6 cm³/mol. The second-order valence-electron chi connectivity index (χ2n) is 3.76. The highest BCUT2D eigenvalue weighted by atomic mass is 79.9. The molecule has 0 aliphatic carbocycles. The Morgan fingerprint density at radius 3 is 2.50 bits per heavy atom. The molecule has 108 valence electrons. The molecular weight excluding hydrogens is 399 g/mol. The zero-order valence-electron chi connectivity index (χ0n) is 10.6. The number of carbonyl (C=O) groups is 2. The van der Waals surface area contributed by atoms with E-state index in [9.17, 15) is 19.1 Å². The fraction of sp³-hybridized carbons (Fsp3) is 0.231. The topological polar surface area (TPSA) is 66.4 Å². The molecule has 0 unspecified atom stereocenters. The molecule has 1 aromatic rings. The lowest BCUT2D eigenvalue weighted by Gasteiger charge is -2.13. The van der Waals surface area contributed by atoms with Crippen molar-refractivity contribution in [2.45, 2.75) is 13.8 Å². The Morgan fingerprint density at radius 2 is 2.00 bits per heavy atom. The summed E-state index contributed by atoms with van der Waals surface area (Å²) in [7, 11) is 0. The van der Waals surface area contributed by atoms with Crippen LogP contribution < -0.4 is 5.11 Å². The van der Waals surface area contributed by atoms with E-state index in [-0.39, 0.29) is 26.7 Å². The number of aliphatic carboxylic acids is 1. The van der Waals surface area contributed by atoms with E-state index < -0.39 is 23.1 Å². The summed E-state index contributed by atoms with van der Waals surface area (Å²) >= 11 is 6.12. The van der Waals surface area contributed by atoms with E-state index in [0.29, 0.717) is 0 Å². The van der Waals surface area contributed by atoms with Crippen molar-refractivity contribution in [1.82, 2.24) is 0 Å². The zero-order chi connectivity index (χ0) is 15.4. The molecule has 0 heterocycles. The van der Waals surface area contributed by atoms with E-state index >= 15 is 0 Å². The zero-order valence-corrected chi connectivity index (χ0v) is 13.8. The lowest BCUT2D eigenvalue weighted by atomic mass is 9.99. The van der Waals surface area contributed by atoms with Gasteiger partial charge in [-0.1, -0.05) is 0 Å². The number of rotatable bonds is 5. The second-order valence-corrected chi connectivity index (χ2v) is 5.47. The van der Waals surface area contributed by atoms with E-state index in [1.807, 2.05) is 0 Å². The number of halogens is 3. The molecule has 0 radical (unpaired) electrons. The summed E-state index contributed by atoms with van der Waals surface area (Å²) in [5.74, 6) is -3.20. The van der Waals surface area contributed by atoms with Crippen LogP contribution in [-0.4, -0.2) is 18.4 Å². The van der Waals surface area contributed by atoms with Gasteiger partial charge in [0.25, 0.3) is 0 Å². The molecule has 0 N–H and O–H groups in total. The first-order chi connectivity index (χ1) is 9.31. The fourth-order valence-electron chi connectivity index (χ4n) is 1.49. The minimum atomic E-state index is -1.68. The highest BCUT2D eigenvalue weighted by molar-refractivity contribution is 9.11. The van der Waals surface area contributed by atoms with Gasteiger partial charge in [0, 0.05) is 10.0 Å². The molecule has 0 fully saturated rings. The number of benzene rings is 1. The number of carboxylic acid groups (broad SMARTS) is 1. The summed E-state index contributed by atoms with van der Waals surface area (Å²) in [6.07, 6.45) is 0.809. The van der Waals surface area contributed by atoms with Crippen molar-refractivity contribution in [2.75, 3.05) is 6.61 Å². The monoisotopic (exact) mass is 407 g/mol. The molecule has 20 heavy (non-hydrogen) atoms. The maximum atomic E-state index is 13.8. The Bertz CT molecular complexity index is 597. The maximum absolute atomic E-state index is 13.8. The standard InChI is InChI=1S/C13H11Br2FO4/c1-3-20-5-7(13(18)19)12(17)10-6(2)11(16)9(15)4-8(10)14/h4-5H,3H2,1-2H3,(H,18,19)/p-1/b7-5-. The van der Waals surface area contributed by atoms with Gasteiger partial charge in [-0.3, -0.25) is 4.79 Å². The van der Waals surface area contributed by atoms with Gasteiger partial charge in [-0.05, 0) is 57.3 Å². The molecule has 0 saturated carbocycles. The van der Waals surface area contributed by atoms with Crippen molar-refractivity contribution in [3.63, 3.8) is 0 Å². The molecule has 0 atom stereocenters. The molecule has 0 aliphatic rings. The molecule has 0 bridgehead atoms. The average molecular weight is 409 g/mol. The van der Waals surface area contributed by atoms with Gasteiger partial charge in [0.05, 0.1) is 28.9 Å². The summed E-state index contributed by atoms with van der Waals surface area (Å²) < 4.78 is 19.1. The number of carbonyl (C=O) groups excluding carboxylic acids is 2. The minimum absolute atomic E-state index is 0.0277. The highest BCUT2D eigenvalue weighted by Gasteiger charge is 2.22. The smallest absolute Gasteiger partial charge is 0.199 e. The number of carboxylic acids is 1. The average Bonchev–Trinajstić information content (AvgIpc) is 2.36. The van der Waals surface area contributed by atoms with E-state index in [1.165, 1.54) is 13.0 Å². The molecule has 0 saturated heterocycles. The lowest BCUT2D eigenvalue weighted by Crippen LogP contribution is -2.29. The molecular formula is C13H10Br2FO4-. The third kappa shape index (κ3) is 3.46. The van der Waals surface area contributed by atoms with Crippen LogP contribution in [0.4, 0.5) is 4.39 Å². The number of hydrogen-bond donors (Lipinski definition) is 0. The Balaban J connectivity index is 3.40. The fourth-order valence-corrected chi connectivity index (χ4v) is 3.03. The van der Waals surface area contributed by atoms with Crippen LogP contribution in [-0.2, 0) is 9.53 Å². The van der Waals surface area contributed by atoms with Crippen molar-refractivity contribution in [1.29, 1.82) is 0 Å². The first-order valence-corrected chi connectivity index (χ1v) is 7.11. The van der Waals surface area contributed by atoms with E-state index in [2.05, 4.69) is 31.9 Å². The van der Waals surface area contributed by atoms with Crippen LogP contribution >= 0.6 is 31.9 Å². The molecule has 0 aromatic heterocycles. The SMILES string of the molecule is CCO/C=C(\C(=O)[O-])C(=O)c1c(Br)cc(Br)c(F)c1C. The molecule has 4 nitrogen and oxygen atoms in total. The normalized spacial score (nSPS) is 11.3. The summed E-state index contributed by atoms with van der Waals surface area (Å²) in [6, 6.07) is 1.34. The summed E-state index contributed by atoms with van der Waals surface area (Å²) in [5.41, 5.74) is -0.724. The number of hydrogen-bond acceptors (Lipinski definition) is 4. The first-order valence-electron chi connectivity index (χ1n) is 5.53.